The topological polar surface area (TPSA) is 78.4 Å². The molecule has 0 bridgehead atoms. The van der Waals surface area contributed by atoms with Crippen LogP contribution < -0.4 is 10.6 Å². The van der Waals surface area contributed by atoms with Crippen molar-refractivity contribution in [3.8, 4) is 0 Å². The molecule has 0 aliphatic heterocycles. The van der Waals surface area contributed by atoms with Gasteiger partial charge in [-0.05, 0) is 42.0 Å². The van der Waals surface area contributed by atoms with E-state index in [2.05, 4.69) is 26.6 Å². The zero-order chi connectivity index (χ0) is 16.1. The fourth-order valence-electron chi connectivity index (χ4n) is 1.85. The minimum absolute atomic E-state index is 0.164. The lowest BCUT2D eigenvalue weighted by Crippen LogP contribution is -2.20. The first kappa shape index (κ1) is 16.2. The average Bonchev–Trinajstić information content (AvgIpc) is 2.49. The van der Waals surface area contributed by atoms with Crippen molar-refractivity contribution in [1.29, 1.82) is 0 Å². The number of benzene rings is 2. The summed E-state index contributed by atoms with van der Waals surface area (Å²) in [6.07, 6.45) is -1.25. The maximum atomic E-state index is 12.0. The van der Waals surface area contributed by atoms with Gasteiger partial charge in [0, 0.05) is 22.8 Å². The number of anilines is 2. The lowest BCUT2D eigenvalue weighted by Gasteiger charge is -2.12. The van der Waals surface area contributed by atoms with Crippen molar-refractivity contribution >= 4 is 39.1 Å². The summed E-state index contributed by atoms with van der Waals surface area (Å²) in [7, 11) is 0. The van der Waals surface area contributed by atoms with E-state index in [9.17, 15) is 14.7 Å². The molecule has 0 fully saturated rings. The van der Waals surface area contributed by atoms with Gasteiger partial charge in [0.2, 0.25) is 5.91 Å². The van der Waals surface area contributed by atoms with E-state index in [1.807, 2.05) is 0 Å². The molecule has 114 valence electrons. The van der Waals surface area contributed by atoms with E-state index in [1.165, 1.54) is 6.92 Å². The Kier molecular flexibility index (Phi) is 5.30. The molecule has 2 amide bonds. The Morgan fingerprint density at radius 3 is 1.95 bits per heavy atom. The molecule has 0 aromatic heterocycles. The van der Waals surface area contributed by atoms with Crippen LogP contribution >= 0.6 is 15.9 Å². The monoisotopic (exact) mass is 362 g/mol. The molecule has 5 nitrogen and oxygen atoms in total. The quantitative estimate of drug-likeness (QED) is 0.781. The van der Waals surface area contributed by atoms with Gasteiger partial charge in [-0.25, -0.2) is 0 Å². The van der Waals surface area contributed by atoms with Gasteiger partial charge < -0.3 is 15.7 Å². The zero-order valence-electron chi connectivity index (χ0n) is 11.8. The largest absolute Gasteiger partial charge is 0.378 e. The van der Waals surface area contributed by atoms with E-state index in [1.54, 1.807) is 48.5 Å². The lowest BCUT2D eigenvalue weighted by atomic mass is 10.1. The molecule has 0 saturated carbocycles. The second-order valence-electron chi connectivity index (χ2n) is 4.70. The van der Waals surface area contributed by atoms with Gasteiger partial charge in [0.15, 0.2) is 6.10 Å². The van der Waals surface area contributed by atoms with E-state index in [0.29, 0.717) is 16.9 Å². The van der Waals surface area contributed by atoms with E-state index in [0.717, 1.165) is 4.47 Å². The van der Waals surface area contributed by atoms with Crippen molar-refractivity contribution in [3.63, 3.8) is 0 Å². The summed E-state index contributed by atoms with van der Waals surface area (Å²) >= 11 is 3.30. The standard InChI is InChI=1S/C16H15BrN2O3/c1-10(20)18-13-6-8-14(9-7-13)19-16(22)15(21)11-2-4-12(17)5-3-11/h2-9,15,21H,1H3,(H,18,20)(H,19,22). The normalized spacial score (nSPS) is 11.6. The van der Waals surface area contributed by atoms with Gasteiger partial charge in [-0.1, -0.05) is 28.1 Å². The fourth-order valence-corrected chi connectivity index (χ4v) is 2.11. The third-order valence-electron chi connectivity index (χ3n) is 2.91. The summed E-state index contributed by atoms with van der Waals surface area (Å²) in [6, 6.07) is 13.5. The summed E-state index contributed by atoms with van der Waals surface area (Å²) in [5.41, 5.74) is 1.68. The van der Waals surface area contributed by atoms with Crippen molar-refractivity contribution in [2.45, 2.75) is 13.0 Å². The molecule has 1 atom stereocenters. The van der Waals surface area contributed by atoms with E-state index < -0.39 is 12.0 Å². The molecule has 1 unspecified atom stereocenters. The molecule has 0 radical (unpaired) electrons. The second kappa shape index (κ2) is 7.20. The molecule has 0 aliphatic carbocycles. The zero-order valence-corrected chi connectivity index (χ0v) is 13.4. The number of aliphatic hydroxyl groups excluding tert-OH is 1. The van der Waals surface area contributed by atoms with Crippen LogP contribution in [0.5, 0.6) is 0 Å². The van der Waals surface area contributed by atoms with Crippen molar-refractivity contribution in [3.05, 3.63) is 58.6 Å². The lowest BCUT2D eigenvalue weighted by molar-refractivity contribution is -0.124. The maximum Gasteiger partial charge on any atom is 0.257 e. The number of amides is 2. The molecule has 2 rings (SSSR count). The van der Waals surface area contributed by atoms with Crippen LogP contribution in [0.15, 0.2) is 53.0 Å². The number of rotatable bonds is 4. The molecule has 0 heterocycles. The molecule has 2 aromatic carbocycles. The van der Waals surface area contributed by atoms with Gasteiger partial charge in [-0.15, -0.1) is 0 Å². The first-order valence-electron chi connectivity index (χ1n) is 6.58. The minimum Gasteiger partial charge on any atom is -0.378 e. The highest BCUT2D eigenvalue weighted by atomic mass is 79.9. The van der Waals surface area contributed by atoms with Crippen molar-refractivity contribution < 1.29 is 14.7 Å². The number of hydrogen-bond donors (Lipinski definition) is 3. The average molecular weight is 363 g/mol. The number of halogens is 1. The molecule has 0 saturated heterocycles. The highest BCUT2D eigenvalue weighted by molar-refractivity contribution is 9.10. The Bertz CT molecular complexity index is 669. The van der Waals surface area contributed by atoms with Gasteiger partial charge in [-0.3, -0.25) is 9.59 Å². The number of hydrogen-bond acceptors (Lipinski definition) is 3. The van der Waals surface area contributed by atoms with Crippen LogP contribution in [0.2, 0.25) is 0 Å². The summed E-state index contributed by atoms with van der Waals surface area (Å²) in [4.78, 5) is 22.9. The molecular weight excluding hydrogens is 348 g/mol. The van der Waals surface area contributed by atoms with E-state index in [4.69, 9.17) is 0 Å². The number of aliphatic hydroxyl groups is 1. The Morgan fingerprint density at radius 2 is 1.45 bits per heavy atom. The minimum atomic E-state index is -1.25. The number of carbonyl (C=O) groups excluding carboxylic acids is 2. The summed E-state index contributed by atoms with van der Waals surface area (Å²) < 4.78 is 0.873. The van der Waals surface area contributed by atoms with E-state index >= 15 is 0 Å². The predicted octanol–water partition coefficient (Wildman–Crippen LogP) is 3.08. The van der Waals surface area contributed by atoms with Gasteiger partial charge in [0.25, 0.3) is 5.91 Å². The predicted molar refractivity (Wildman–Crippen MR) is 88.5 cm³/mol. The van der Waals surface area contributed by atoms with Crippen LogP contribution in [-0.2, 0) is 9.59 Å². The van der Waals surface area contributed by atoms with Crippen molar-refractivity contribution in [1.82, 2.24) is 0 Å². The number of carbonyl (C=O) groups is 2. The summed E-state index contributed by atoms with van der Waals surface area (Å²) in [6.45, 7) is 1.42. The fraction of sp³-hybridized carbons (Fsp3) is 0.125. The van der Waals surface area contributed by atoms with Crippen LogP contribution in [0.1, 0.15) is 18.6 Å². The molecule has 0 spiro atoms. The Morgan fingerprint density at radius 1 is 0.955 bits per heavy atom. The number of nitrogens with one attached hydrogen (secondary N) is 2. The van der Waals surface area contributed by atoms with Gasteiger partial charge >= 0.3 is 0 Å². The molecule has 2 aromatic rings. The third kappa shape index (κ3) is 4.41. The smallest absolute Gasteiger partial charge is 0.257 e. The molecule has 6 heteroatoms. The first-order valence-corrected chi connectivity index (χ1v) is 7.37. The Balaban J connectivity index is 2.01. The van der Waals surface area contributed by atoms with Gasteiger partial charge in [0.05, 0.1) is 0 Å². The molecule has 3 N–H and O–H groups in total. The SMILES string of the molecule is CC(=O)Nc1ccc(NC(=O)C(O)c2ccc(Br)cc2)cc1. The van der Waals surface area contributed by atoms with Crippen molar-refractivity contribution in [2.24, 2.45) is 0 Å². The highest BCUT2D eigenvalue weighted by Crippen LogP contribution is 2.19. The third-order valence-corrected chi connectivity index (χ3v) is 3.44. The molecular formula is C16H15BrN2O3. The van der Waals surface area contributed by atoms with Crippen LogP contribution in [0.3, 0.4) is 0 Å². The molecule has 22 heavy (non-hydrogen) atoms. The summed E-state index contributed by atoms with van der Waals surface area (Å²) in [5, 5.41) is 15.3. The van der Waals surface area contributed by atoms with Gasteiger partial charge in [-0.2, -0.15) is 0 Å². The van der Waals surface area contributed by atoms with Crippen LogP contribution in [0.4, 0.5) is 11.4 Å². The van der Waals surface area contributed by atoms with Crippen LogP contribution in [0.25, 0.3) is 0 Å². The maximum absolute atomic E-state index is 12.0. The van der Waals surface area contributed by atoms with Crippen LogP contribution in [0, 0.1) is 0 Å². The van der Waals surface area contributed by atoms with Gasteiger partial charge in [0.1, 0.15) is 0 Å². The van der Waals surface area contributed by atoms with Crippen LogP contribution in [-0.4, -0.2) is 16.9 Å². The van der Waals surface area contributed by atoms with Crippen molar-refractivity contribution in [2.75, 3.05) is 10.6 Å². The summed E-state index contributed by atoms with van der Waals surface area (Å²) in [5.74, 6) is -0.683. The Hall–Kier alpha value is -2.18. The first-order chi connectivity index (χ1) is 10.5. The Labute approximate surface area is 136 Å². The molecule has 0 aliphatic rings. The highest BCUT2D eigenvalue weighted by Gasteiger charge is 2.17. The second-order valence-corrected chi connectivity index (χ2v) is 5.62. The van der Waals surface area contributed by atoms with E-state index in [-0.39, 0.29) is 5.91 Å².